The minimum absolute atomic E-state index is 0.215. The molecule has 0 aromatic carbocycles. The van der Waals surface area contributed by atoms with Crippen LogP contribution in [-0.4, -0.2) is 49.5 Å². The van der Waals surface area contributed by atoms with Crippen LogP contribution in [0.2, 0.25) is 0 Å². The van der Waals surface area contributed by atoms with E-state index >= 15 is 0 Å². The Morgan fingerprint density at radius 1 is 1.38 bits per heavy atom. The van der Waals surface area contributed by atoms with Crippen LogP contribution >= 0.6 is 0 Å². The molecule has 3 N–H and O–H groups in total. The Bertz CT molecular complexity index is 546. The summed E-state index contributed by atoms with van der Waals surface area (Å²) < 4.78 is 1.09. The molecule has 0 bridgehead atoms. The van der Waals surface area contributed by atoms with Crippen LogP contribution in [0, 0.1) is 0 Å². The lowest BCUT2D eigenvalue weighted by Crippen LogP contribution is -2.51. The van der Waals surface area contributed by atoms with Crippen LogP contribution in [0.4, 0.5) is 0 Å². The van der Waals surface area contributed by atoms with Gasteiger partial charge in [0.15, 0.2) is 5.69 Å². The molecule has 1 atom stereocenters. The van der Waals surface area contributed by atoms with Crippen molar-refractivity contribution in [1.82, 2.24) is 25.6 Å². The van der Waals surface area contributed by atoms with Crippen molar-refractivity contribution >= 4 is 17.8 Å². The lowest BCUT2D eigenvalue weighted by atomic mass is 10.1. The Hall–Kier alpha value is -2.45. The van der Waals surface area contributed by atoms with Gasteiger partial charge in [0.2, 0.25) is 11.8 Å². The predicted molar refractivity (Wildman–Crippen MR) is 72.5 cm³/mol. The molecule has 116 valence electrons. The van der Waals surface area contributed by atoms with Gasteiger partial charge in [-0.3, -0.25) is 9.59 Å². The lowest BCUT2D eigenvalue weighted by molar-refractivity contribution is -0.129. The minimum atomic E-state index is -1.22. The second kappa shape index (κ2) is 6.33. The summed E-state index contributed by atoms with van der Waals surface area (Å²) in [6, 6.07) is -0.709. The number of carboxylic acid groups (broad SMARTS) is 1. The Kier molecular flexibility index (Phi) is 5.01. The number of carbonyl (C=O) groups excluding carboxylic acids is 2. The highest BCUT2D eigenvalue weighted by molar-refractivity contribution is 5.87. The highest BCUT2D eigenvalue weighted by Gasteiger charge is 2.21. The molecule has 1 heterocycles. The highest BCUT2D eigenvalue weighted by atomic mass is 16.4. The summed E-state index contributed by atoms with van der Waals surface area (Å²) in [4.78, 5) is 34.2. The van der Waals surface area contributed by atoms with Gasteiger partial charge in [-0.05, 0) is 27.7 Å². The maximum atomic E-state index is 11.8. The summed E-state index contributed by atoms with van der Waals surface area (Å²) in [5.74, 6) is -1.99. The molecule has 1 aromatic rings. The van der Waals surface area contributed by atoms with Crippen molar-refractivity contribution in [1.29, 1.82) is 0 Å². The SMILES string of the molecule is CC(NC(=O)Cn1cc(C(=O)O)nn1)C(=O)NC(C)(C)C. The fourth-order valence-electron chi connectivity index (χ4n) is 1.45. The fraction of sp³-hybridized carbons (Fsp3) is 0.583. The third kappa shape index (κ3) is 5.59. The second-order valence-electron chi connectivity index (χ2n) is 5.63. The van der Waals surface area contributed by atoms with Gasteiger partial charge >= 0.3 is 5.97 Å². The first kappa shape index (κ1) is 16.6. The maximum Gasteiger partial charge on any atom is 0.358 e. The first-order valence-corrected chi connectivity index (χ1v) is 6.33. The number of aromatic carboxylic acids is 1. The van der Waals surface area contributed by atoms with Crippen LogP contribution in [0.25, 0.3) is 0 Å². The van der Waals surface area contributed by atoms with Gasteiger partial charge in [0, 0.05) is 5.54 Å². The van der Waals surface area contributed by atoms with E-state index in [1.807, 2.05) is 20.8 Å². The number of nitrogens with one attached hydrogen (secondary N) is 2. The van der Waals surface area contributed by atoms with E-state index in [1.165, 1.54) is 0 Å². The van der Waals surface area contributed by atoms with Crippen LogP contribution in [0.1, 0.15) is 38.2 Å². The average molecular weight is 297 g/mol. The second-order valence-corrected chi connectivity index (χ2v) is 5.63. The van der Waals surface area contributed by atoms with Crippen molar-refractivity contribution in [3.8, 4) is 0 Å². The quantitative estimate of drug-likeness (QED) is 0.666. The van der Waals surface area contributed by atoms with Crippen LogP contribution < -0.4 is 10.6 Å². The molecule has 1 rings (SSSR count). The highest BCUT2D eigenvalue weighted by Crippen LogP contribution is 1.99. The van der Waals surface area contributed by atoms with Crippen molar-refractivity contribution in [2.45, 2.75) is 45.8 Å². The van der Waals surface area contributed by atoms with E-state index in [2.05, 4.69) is 20.9 Å². The molecule has 0 radical (unpaired) electrons. The number of carboxylic acids is 1. The first-order valence-electron chi connectivity index (χ1n) is 6.33. The summed E-state index contributed by atoms with van der Waals surface area (Å²) in [5, 5.41) is 20.8. The number of rotatable bonds is 5. The molecule has 1 unspecified atom stereocenters. The minimum Gasteiger partial charge on any atom is -0.476 e. The van der Waals surface area contributed by atoms with Gasteiger partial charge in [-0.2, -0.15) is 0 Å². The molecular formula is C12H19N5O4. The van der Waals surface area contributed by atoms with Crippen LogP contribution in [-0.2, 0) is 16.1 Å². The van der Waals surface area contributed by atoms with Crippen LogP contribution in [0.15, 0.2) is 6.20 Å². The lowest BCUT2D eigenvalue weighted by Gasteiger charge is -2.23. The maximum absolute atomic E-state index is 11.8. The van der Waals surface area contributed by atoms with E-state index in [0.717, 1.165) is 10.9 Å². The smallest absolute Gasteiger partial charge is 0.358 e. The van der Waals surface area contributed by atoms with E-state index < -0.39 is 23.5 Å². The van der Waals surface area contributed by atoms with Gasteiger partial charge in [-0.1, -0.05) is 5.21 Å². The third-order valence-electron chi connectivity index (χ3n) is 2.33. The summed E-state index contributed by atoms with van der Waals surface area (Å²) in [6.07, 6.45) is 1.14. The van der Waals surface area contributed by atoms with Gasteiger partial charge in [-0.15, -0.1) is 5.10 Å². The van der Waals surface area contributed by atoms with E-state index in [0.29, 0.717) is 0 Å². The molecule has 2 amide bonds. The molecule has 0 saturated heterocycles. The zero-order valence-corrected chi connectivity index (χ0v) is 12.4. The zero-order valence-electron chi connectivity index (χ0n) is 12.4. The zero-order chi connectivity index (χ0) is 16.2. The van der Waals surface area contributed by atoms with Gasteiger partial charge < -0.3 is 15.7 Å². The summed E-state index contributed by atoms with van der Waals surface area (Å²) in [5.41, 5.74) is -0.639. The Balaban J connectivity index is 2.52. The summed E-state index contributed by atoms with van der Waals surface area (Å²) >= 11 is 0. The van der Waals surface area contributed by atoms with Crippen LogP contribution in [0.3, 0.4) is 0 Å². The number of nitrogens with zero attached hydrogens (tertiary/aromatic N) is 3. The van der Waals surface area contributed by atoms with Gasteiger partial charge in [0.1, 0.15) is 12.6 Å². The van der Waals surface area contributed by atoms with Crippen molar-refractivity contribution < 1.29 is 19.5 Å². The first-order chi connectivity index (χ1) is 9.58. The van der Waals surface area contributed by atoms with E-state index in [9.17, 15) is 14.4 Å². The molecule has 21 heavy (non-hydrogen) atoms. The Labute approximate surface area is 121 Å². The molecule has 0 saturated carbocycles. The van der Waals surface area contributed by atoms with Gasteiger partial charge in [-0.25, -0.2) is 9.48 Å². The molecule has 0 aliphatic carbocycles. The van der Waals surface area contributed by atoms with Crippen molar-refractivity contribution in [2.24, 2.45) is 0 Å². The number of hydrogen-bond donors (Lipinski definition) is 3. The normalized spacial score (nSPS) is 12.6. The van der Waals surface area contributed by atoms with E-state index in [4.69, 9.17) is 5.11 Å². The van der Waals surface area contributed by atoms with Crippen molar-refractivity contribution in [3.63, 3.8) is 0 Å². The summed E-state index contributed by atoms with van der Waals surface area (Å²) in [6.45, 7) is 6.85. The molecule has 0 fully saturated rings. The largest absolute Gasteiger partial charge is 0.476 e. The standard InChI is InChI=1S/C12H19N5O4/c1-7(10(19)14-12(2,3)4)13-9(18)6-17-5-8(11(20)21)15-16-17/h5,7H,6H2,1-4H3,(H,13,18)(H,14,19)(H,20,21). The number of aromatic nitrogens is 3. The Morgan fingerprint density at radius 2 is 2.00 bits per heavy atom. The number of carbonyl (C=O) groups is 3. The molecule has 0 aliphatic rings. The van der Waals surface area contributed by atoms with Gasteiger partial charge in [0.05, 0.1) is 6.20 Å². The van der Waals surface area contributed by atoms with Gasteiger partial charge in [0.25, 0.3) is 0 Å². The average Bonchev–Trinajstić information content (AvgIpc) is 2.74. The molecule has 0 aliphatic heterocycles. The number of amides is 2. The fourth-order valence-corrected chi connectivity index (χ4v) is 1.45. The summed E-state index contributed by atoms with van der Waals surface area (Å²) in [7, 11) is 0. The predicted octanol–water partition coefficient (Wildman–Crippen LogP) is -0.604. The molecule has 9 nitrogen and oxygen atoms in total. The van der Waals surface area contributed by atoms with E-state index in [1.54, 1.807) is 6.92 Å². The molecule has 0 spiro atoms. The molecular weight excluding hydrogens is 278 g/mol. The van der Waals surface area contributed by atoms with Crippen molar-refractivity contribution in [2.75, 3.05) is 0 Å². The monoisotopic (exact) mass is 297 g/mol. The number of hydrogen-bond acceptors (Lipinski definition) is 5. The van der Waals surface area contributed by atoms with E-state index in [-0.39, 0.29) is 18.1 Å². The van der Waals surface area contributed by atoms with Crippen LogP contribution in [0.5, 0.6) is 0 Å². The topological polar surface area (TPSA) is 126 Å². The molecule has 1 aromatic heterocycles. The Morgan fingerprint density at radius 3 is 2.48 bits per heavy atom. The molecule has 9 heteroatoms. The third-order valence-corrected chi connectivity index (χ3v) is 2.33. The van der Waals surface area contributed by atoms with Crippen molar-refractivity contribution in [3.05, 3.63) is 11.9 Å².